The minimum absolute atomic E-state index is 0.0680. The van der Waals surface area contributed by atoms with Gasteiger partial charge >= 0.3 is 11.9 Å². The zero-order valence-corrected chi connectivity index (χ0v) is 8.32. The topological polar surface area (TPSA) is 98.5 Å². The lowest BCUT2D eigenvalue weighted by atomic mass is 10.2. The predicted molar refractivity (Wildman–Crippen MR) is 50.6 cm³/mol. The van der Waals surface area contributed by atoms with Gasteiger partial charge in [-0.3, -0.25) is 9.59 Å². The molecule has 1 aliphatic rings. The smallest absolute Gasteiger partial charge is 0.336 e. The number of nitrogens with two attached hydrogens (primary N) is 1. The summed E-state index contributed by atoms with van der Waals surface area (Å²) in [6, 6.07) is -0.803. The number of hydrogen-bond donors (Lipinski definition) is 2. The van der Waals surface area contributed by atoms with Gasteiger partial charge in [0.2, 0.25) is 5.91 Å². The van der Waals surface area contributed by atoms with Gasteiger partial charge in [-0.2, -0.15) is 0 Å². The van der Waals surface area contributed by atoms with Crippen LogP contribution < -0.4 is 11.1 Å². The van der Waals surface area contributed by atoms with Crippen molar-refractivity contribution in [2.45, 2.75) is 31.7 Å². The van der Waals surface area contributed by atoms with Crippen molar-refractivity contribution in [3.8, 4) is 0 Å². The Morgan fingerprint density at radius 2 is 2.20 bits per heavy atom. The second-order valence-corrected chi connectivity index (χ2v) is 3.36. The van der Waals surface area contributed by atoms with Crippen LogP contribution in [0, 0.1) is 0 Å². The van der Waals surface area contributed by atoms with Gasteiger partial charge in [0.1, 0.15) is 6.04 Å². The van der Waals surface area contributed by atoms with E-state index in [0.29, 0.717) is 19.4 Å². The normalized spacial score (nSPS) is 20.2. The molecule has 6 heteroatoms. The van der Waals surface area contributed by atoms with E-state index in [-0.39, 0.29) is 12.3 Å². The van der Waals surface area contributed by atoms with Crippen molar-refractivity contribution in [1.29, 1.82) is 0 Å². The molecule has 0 spiro atoms. The summed E-state index contributed by atoms with van der Waals surface area (Å²) in [4.78, 5) is 32.9. The molecule has 0 aromatic carbocycles. The van der Waals surface area contributed by atoms with E-state index in [9.17, 15) is 14.4 Å². The quantitative estimate of drug-likeness (QED) is 0.350. The molecular weight excluding hydrogens is 200 g/mol. The van der Waals surface area contributed by atoms with Gasteiger partial charge in [0.05, 0.1) is 6.42 Å². The number of amides is 1. The van der Waals surface area contributed by atoms with E-state index in [1.165, 1.54) is 0 Å². The summed E-state index contributed by atoms with van der Waals surface area (Å²) >= 11 is 0. The van der Waals surface area contributed by atoms with Gasteiger partial charge < -0.3 is 15.8 Å². The Kier molecular flexibility index (Phi) is 4.23. The van der Waals surface area contributed by atoms with Crippen molar-refractivity contribution >= 4 is 17.8 Å². The molecule has 3 N–H and O–H groups in total. The first-order chi connectivity index (χ1) is 7.13. The average Bonchev–Trinajstić information content (AvgIpc) is 2.45. The van der Waals surface area contributed by atoms with Gasteiger partial charge in [0.15, 0.2) is 0 Å². The molecule has 0 aliphatic carbocycles. The summed E-state index contributed by atoms with van der Waals surface area (Å²) < 4.78 is 4.29. The fraction of sp³-hybridized carbons (Fsp3) is 0.667. The lowest BCUT2D eigenvalue weighted by Crippen LogP contribution is -2.37. The highest BCUT2D eigenvalue weighted by molar-refractivity contribution is 5.98. The van der Waals surface area contributed by atoms with Crippen LogP contribution in [-0.4, -0.2) is 30.4 Å². The lowest BCUT2D eigenvalue weighted by Gasteiger charge is -2.07. The molecule has 84 valence electrons. The third kappa shape index (κ3) is 3.67. The SMILES string of the molecule is NCCCCC(=O)NC1CC(=O)OC1=O. The van der Waals surface area contributed by atoms with E-state index in [2.05, 4.69) is 10.1 Å². The number of cyclic esters (lactones) is 2. The van der Waals surface area contributed by atoms with E-state index in [4.69, 9.17) is 5.73 Å². The zero-order chi connectivity index (χ0) is 11.3. The first kappa shape index (κ1) is 11.6. The summed E-state index contributed by atoms with van der Waals surface area (Å²) in [6.07, 6.45) is 1.69. The van der Waals surface area contributed by atoms with Crippen LogP contribution in [0.2, 0.25) is 0 Å². The number of ether oxygens (including phenoxy) is 1. The number of unbranched alkanes of at least 4 members (excludes halogenated alkanes) is 1. The van der Waals surface area contributed by atoms with Crippen LogP contribution in [0.5, 0.6) is 0 Å². The number of rotatable bonds is 5. The van der Waals surface area contributed by atoms with E-state index >= 15 is 0 Å². The molecule has 6 nitrogen and oxygen atoms in total. The van der Waals surface area contributed by atoms with Crippen LogP contribution in [0.25, 0.3) is 0 Å². The van der Waals surface area contributed by atoms with Crippen LogP contribution >= 0.6 is 0 Å². The highest BCUT2D eigenvalue weighted by atomic mass is 16.6. The third-order valence-corrected chi connectivity index (χ3v) is 2.06. The Hall–Kier alpha value is -1.43. The Bertz CT molecular complexity index is 277. The molecule has 1 saturated heterocycles. The molecule has 0 saturated carbocycles. The molecule has 1 aliphatic heterocycles. The Labute approximate surface area is 87.1 Å². The molecule has 1 atom stereocenters. The van der Waals surface area contributed by atoms with E-state index in [1.807, 2.05) is 0 Å². The van der Waals surface area contributed by atoms with Crippen molar-refractivity contribution in [3.05, 3.63) is 0 Å². The van der Waals surface area contributed by atoms with Crippen LogP contribution in [0.15, 0.2) is 0 Å². The maximum absolute atomic E-state index is 11.3. The Balaban J connectivity index is 2.26. The number of hydrogen-bond acceptors (Lipinski definition) is 5. The van der Waals surface area contributed by atoms with Crippen LogP contribution in [0.1, 0.15) is 25.7 Å². The highest BCUT2D eigenvalue weighted by Crippen LogP contribution is 2.08. The van der Waals surface area contributed by atoms with Gasteiger partial charge in [-0.25, -0.2) is 4.79 Å². The van der Waals surface area contributed by atoms with Gasteiger partial charge in [0, 0.05) is 6.42 Å². The van der Waals surface area contributed by atoms with E-state index in [0.717, 1.165) is 6.42 Å². The molecule has 1 fully saturated rings. The van der Waals surface area contributed by atoms with Crippen molar-refractivity contribution in [2.75, 3.05) is 6.54 Å². The minimum Gasteiger partial charge on any atom is -0.392 e. The number of carbonyl (C=O) groups excluding carboxylic acids is 3. The summed E-state index contributed by atoms with van der Waals surface area (Å²) in [5.41, 5.74) is 5.27. The summed E-state index contributed by atoms with van der Waals surface area (Å²) in [7, 11) is 0. The monoisotopic (exact) mass is 214 g/mol. The number of nitrogens with one attached hydrogen (secondary N) is 1. The van der Waals surface area contributed by atoms with E-state index in [1.54, 1.807) is 0 Å². The molecule has 0 radical (unpaired) electrons. The predicted octanol–water partition coefficient (Wildman–Crippen LogP) is -0.926. The van der Waals surface area contributed by atoms with Crippen LogP contribution in [0.3, 0.4) is 0 Å². The standard InChI is InChI=1S/C9H14N2O4/c10-4-2-1-3-7(12)11-6-5-8(13)15-9(6)14/h6H,1-5,10H2,(H,11,12). The lowest BCUT2D eigenvalue weighted by molar-refractivity contribution is -0.153. The maximum atomic E-state index is 11.3. The zero-order valence-electron chi connectivity index (χ0n) is 8.32. The summed E-state index contributed by atoms with van der Waals surface area (Å²) in [5.74, 6) is -1.51. The van der Waals surface area contributed by atoms with Crippen molar-refractivity contribution in [2.24, 2.45) is 5.73 Å². The summed E-state index contributed by atoms with van der Waals surface area (Å²) in [5, 5.41) is 2.44. The molecule has 0 bridgehead atoms. The van der Waals surface area contributed by atoms with Crippen molar-refractivity contribution in [3.63, 3.8) is 0 Å². The first-order valence-corrected chi connectivity index (χ1v) is 4.87. The van der Waals surface area contributed by atoms with E-state index < -0.39 is 18.0 Å². The fourth-order valence-electron chi connectivity index (χ4n) is 1.28. The minimum atomic E-state index is -0.803. The molecule has 0 aromatic heterocycles. The van der Waals surface area contributed by atoms with Gasteiger partial charge in [-0.15, -0.1) is 0 Å². The molecule has 15 heavy (non-hydrogen) atoms. The third-order valence-electron chi connectivity index (χ3n) is 2.06. The maximum Gasteiger partial charge on any atom is 0.336 e. The molecule has 1 rings (SSSR count). The van der Waals surface area contributed by atoms with Gasteiger partial charge in [-0.1, -0.05) is 0 Å². The van der Waals surface area contributed by atoms with Gasteiger partial charge in [-0.05, 0) is 19.4 Å². The average molecular weight is 214 g/mol. The molecule has 1 unspecified atom stereocenters. The Morgan fingerprint density at radius 3 is 2.73 bits per heavy atom. The molecule has 1 heterocycles. The molecule has 0 aromatic rings. The van der Waals surface area contributed by atoms with Gasteiger partial charge in [0.25, 0.3) is 0 Å². The van der Waals surface area contributed by atoms with Crippen molar-refractivity contribution < 1.29 is 19.1 Å². The second kappa shape index (κ2) is 5.45. The Morgan fingerprint density at radius 1 is 1.47 bits per heavy atom. The molecular formula is C9H14N2O4. The second-order valence-electron chi connectivity index (χ2n) is 3.36. The van der Waals surface area contributed by atoms with Crippen LogP contribution in [0.4, 0.5) is 0 Å². The van der Waals surface area contributed by atoms with Crippen molar-refractivity contribution in [1.82, 2.24) is 5.32 Å². The fourth-order valence-corrected chi connectivity index (χ4v) is 1.28. The number of carbonyl (C=O) groups is 3. The van der Waals surface area contributed by atoms with Crippen LogP contribution in [-0.2, 0) is 19.1 Å². The summed E-state index contributed by atoms with van der Waals surface area (Å²) in [6.45, 7) is 0.539. The molecule has 1 amide bonds. The largest absolute Gasteiger partial charge is 0.392 e. The number of esters is 2. The highest BCUT2D eigenvalue weighted by Gasteiger charge is 2.34. The first-order valence-electron chi connectivity index (χ1n) is 4.87.